The van der Waals surface area contributed by atoms with Gasteiger partial charge in [-0.1, -0.05) is 55.2 Å². The standard InChI is InChI=1S/C28H26Cl2N2O3S/c1-16(2)21-13-22(29)17(3)11-24(21)35-15-19-12-18(9-10-23(19)34-4)14-31-32-28(33)27-26(30)20-7-5-6-8-25(20)36-27/h5-14,16H,15H2,1-4H3,(H,32,33). The summed E-state index contributed by atoms with van der Waals surface area (Å²) in [6.07, 6.45) is 1.58. The fraction of sp³-hybridized carbons (Fsp3) is 0.214. The van der Waals surface area contributed by atoms with E-state index in [9.17, 15) is 4.79 Å². The molecule has 36 heavy (non-hydrogen) atoms. The van der Waals surface area contributed by atoms with Gasteiger partial charge in [0.25, 0.3) is 5.91 Å². The highest BCUT2D eigenvalue weighted by molar-refractivity contribution is 7.21. The number of rotatable bonds is 8. The van der Waals surface area contributed by atoms with Crippen LogP contribution in [0.1, 0.15) is 51.7 Å². The molecule has 0 aliphatic heterocycles. The number of thiophene rings is 1. The summed E-state index contributed by atoms with van der Waals surface area (Å²) in [6, 6.07) is 17.2. The molecule has 186 valence electrons. The average Bonchev–Trinajstić information content (AvgIpc) is 3.21. The maximum Gasteiger partial charge on any atom is 0.283 e. The van der Waals surface area contributed by atoms with E-state index in [1.54, 1.807) is 13.3 Å². The molecule has 0 radical (unpaired) electrons. The van der Waals surface area contributed by atoms with Crippen molar-refractivity contribution in [2.24, 2.45) is 5.10 Å². The largest absolute Gasteiger partial charge is 0.496 e. The van der Waals surface area contributed by atoms with E-state index in [-0.39, 0.29) is 11.8 Å². The Kier molecular flexibility index (Phi) is 8.19. The lowest BCUT2D eigenvalue weighted by Gasteiger charge is -2.17. The van der Waals surface area contributed by atoms with Gasteiger partial charge in [0.05, 0.1) is 18.3 Å². The van der Waals surface area contributed by atoms with Crippen LogP contribution in [0.5, 0.6) is 11.5 Å². The molecule has 0 bridgehead atoms. The number of halogens is 2. The number of nitrogens with zero attached hydrogens (tertiary/aromatic N) is 1. The summed E-state index contributed by atoms with van der Waals surface area (Å²) in [5.74, 6) is 1.40. The van der Waals surface area contributed by atoms with Crippen LogP contribution in [0, 0.1) is 6.92 Å². The third kappa shape index (κ3) is 5.67. The minimum atomic E-state index is -0.353. The Morgan fingerprint density at radius 1 is 1.11 bits per heavy atom. The summed E-state index contributed by atoms with van der Waals surface area (Å²) in [7, 11) is 1.62. The Balaban J connectivity index is 1.49. The zero-order valence-corrected chi connectivity index (χ0v) is 22.7. The molecular weight excluding hydrogens is 515 g/mol. The van der Waals surface area contributed by atoms with Gasteiger partial charge in [0.15, 0.2) is 0 Å². The molecule has 1 N–H and O–H groups in total. The molecule has 4 aromatic rings. The Labute approximate surface area is 224 Å². The molecule has 1 aromatic heterocycles. The van der Waals surface area contributed by atoms with E-state index in [0.29, 0.717) is 22.3 Å². The molecular formula is C28H26Cl2N2O3S. The van der Waals surface area contributed by atoms with Crippen molar-refractivity contribution >= 4 is 56.7 Å². The second-order valence-corrected chi connectivity index (χ2v) is 10.4. The zero-order chi connectivity index (χ0) is 25.8. The number of benzene rings is 3. The van der Waals surface area contributed by atoms with Crippen LogP contribution in [0.2, 0.25) is 10.0 Å². The van der Waals surface area contributed by atoms with Crippen LogP contribution in [0.3, 0.4) is 0 Å². The first kappa shape index (κ1) is 26.0. The van der Waals surface area contributed by atoms with Crippen molar-refractivity contribution in [1.29, 1.82) is 0 Å². The predicted molar refractivity (Wildman–Crippen MR) is 149 cm³/mol. The van der Waals surface area contributed by atoms with Crippen LogP contribution in [0.15, 0.2) is 59.7 Å². The first-order chi connectivity index (χ1) is 17.3. The van der Waals surface area contributed by atoms with E-state index in [2.05, 4.69) is 24.4 Å². The van der Waals surface area contributed by atoms with Crippen LogP contribution in [-0.4, -0.2) is 19.2 Å². The van der Waals surface area contributed by atoms with Gasteiger partial charge in [0.2, 0.25) is 0 Å². The minimum absolute atomic E-state index is 0.261. The van der Waals surface area contributed by atoms with Gasteiger partial charge in [-0.25, -0.2) is 5.43 Å². The van der Waals surface area contributed by atoms with Crippen LogP contribution in [0.4, 0.5) is 0 Å². The molecule has 8 heteroatoms. The highest BCUT2D eigenvalue weighted by Gasteiger charge is 2.16. The second-order valence-electron chi connectivity index (χ2n) is 8.59. The molecule has 0 fully saturated rings. The van der Waals surface area contributed by atoms with Crippen LogP contribution >= 0.6 is 34.5 Å². The first-order valence-electron chi connectivity index (χ1n) is 11.4. The second kappa shape index (κ2) is 11.3. The number of amides is 1. The summed E-state index contributed by atoms with van der Waals surface area (Å²) in [5, 5.41) is 6.14. The van der Waals surface area contributed by atoms with Gasteiger partial charge in [-0.3, -0.25) is 4.79 Å². The Morgan fingerprint density at radius 3 is 2.61 bits per heavy atom. The molecule has 1 amide bonds. The quantitative estimate of drug-likeness (QED) is 0.182. The lowest BCUT2D eigenvalue weighted by atomic mass is 10.0. The molecule has 0 unspecified atom stereocenters. The van der Waals surface area contributed by atoms with E-state index >= 15 is 0 Å². The number of hydrazone groups is 1. The fourth-order valence-corrected chi connectivity index (χ4v) is 5.35. The molecule has 5 nitrogen and oxygen atoms in total. The fourth-order valence-electron chi connectivity index (χ4n) is 3.77. The van der Waals surface area contributed by atoms with E-state index in [0.717, 1.165) is 43.1 Å². The van der Waals surface area contributed by atoms with E-state index in [1.807, 2.05) is 61.5 Å². The number of carbonyl (C=O) groups excluding carboxylic acids is 1. The Morgan fingerprint density at radius 2 is 1.89 bits per heavy atom. The highest BCUT2D eigenvalue weighted by atomic mass is 35.5. The maximum atomic E-state index is 12.6. The number of methoxy groups -OCH3 is 1. The summed E-state index contributed by atoms with van der Waals surface area (Å²) >= 11 is 14.1. The summed E-state index contributed by atoms with van der Waals surface area (Å²) in [4.78, 5) is 13.1. The molecule has 1 heterocycles. The first-order valence-corrected chi connectivity index (χ1v) is 13.0. The molecule has 0 aliphatic rings. The minimum Gasteiger partial charge on any atom is -0.496 e. The number of hydrogen-bond donors (Lipinski definition) is 1. The third-order valence-corrected chi connectivity index (χ3v) is 7.80. The van der Waals surface area contributed by atoms with E-state index < -0.39 is 0 Å². The summed E-state index contributed by atoms with van der Waals surface area (Å²) in [6.45, 7) is 6.46. The third-order valence-electron chi connectivity index (χ3n) is 5.72. The normalized spacial score (nSPS) is 11.4. The maximum absolute atomic E-state index is 12.6. The van der Waals surface area contributed by atoms with Crippen molar-refractivity contribution in [2.75, 3.05) is 7.11 Å². The van der Waals surface area contributed by atoms with Crippen molar-refractivity contribution in [3.05, 3.63) is 91.8 Å². The number of ether oxygens (including phenoxy) is 2. The van der Waals surface area contributed by atoms with Crippen molar-refractivity contribution in [3.63, 3.8) is 0 Å². The highest BCUT2D eigenvalue weighted by Crippen LogP contribution is 2.35. The van der Waals surface area contributed by atoms with Crippen molar-refractivity contribution in [3.8, 4) is 11.5 Å². The predicted octanol–water partition coefficient (Wildman–Crippen LogP) is 7.99. The van der Waals surface area contributed by atoms with Crippen LogP contribution in [-0.2, 0) is 6.61 Å². The number of aryl methyl sites for hydroxylation is 1. The number of fused-ring (bicyclic) bond motifs is 1. The van der Waals surface area contributed by atoms with Gasteiger partial charge in [-0.15, -0.1) is 11.3 Å². The topological polar surface area (TPSA) is 59.9 Å². The number of nitrogens with one attached hydrogen (secondary N) is 1. The summed E-state index contributed by atoms with van der Waals surface area (Å²) < 4.78 is 12.7. The lowest BCUT2D eigenvalue weighted by molar-refractivity contribution is 0.0959. The van der Waals surface area contributed by atoms with Gasteiger partial charge in [-0.05, 0) is 65.9 Å². The zero-order valence-electron chi connectivity index (χ0n) is 20.4. The molecule has 0 saturated heterocycles. The molecule has 0 saturated carbocycles. The van der Waals surface area contributed by atoms with Gasteiger partial charge in [-0.2, -0.15) is 5.10 Å². The van der Waals surface area contributed by atoms with Gasteiger partial charge >= 0.3 is 0 Å². The Hall–Kier alpha value is -3.06. The van der Waals surface area contributed by atoms with Crippen LogP contribution < -0.4 is 14.9 Å². The molecule has 0 atom stereocenters. The van der Waals surface area contributed by atoms with Crippen molar-refractivity contribution in [2.45, 2.75) is 33.3 Å². The van der Waals surface area contributed by atoms with Crippen molar-refractivity contribution < 1.29 is 14.3 Å². The van der Waals surface area contributed by atoms with Gasteiger partial charge in [0.1, 0.15) is 23.0 Å². The van der Waals surface area contributed by atoms with E-state index in [1.165, 1.54) is 11.3 Å². The van der Waals surface area contributed by atoms with Crippen LogP contribution in [0.25, 0.3) is 10.1 Å². The number of carbonyl (C=O) groups is 1. The van der Waals surface area contributed by atoms with Crippen molar-refractivity contribution in [1.82, 2.24) is 5.43 Å². The molecule has 0 aliphatic carbocycles. The summed E-state index contributed by atoms with van der Waals surface area (Å²) in [5.41, 5.74) is 6.21. The van der Waals surface area contributed by atoms with E-state index in [4.69, 9.17) is 32.7 Å². The molecule has 3 aromatic carbocycles. The number of hydrogen-bond acceptors (Lipinski definition) is 5. The monoisotopic (exact) mass is 540 g/mol. The van der Waals surface area contributed by atoms with Gasteiger partial charge < -0.3 is 9.47 Å². The van der Waals surface area contributed by atoms with Gasteiger partial charge in [0, 0.05) is 20.7 Å². The smallest absolute Gasteiger partial charge is 0.283 e. The Bertz CT molecular complexity index is 1450. The molecule has 0 spiro atoms. The SMILES string of the molecule is COc1ccc(C=NNC(=O)c2sc3ccccc3c2Cl)cc1COc1cc(C)c(Cl)cc1C(C)C. The molecule has 4 rings (SSSR count). The lowest BCUT2D eigenvalue weighted by Crippen LogP contribution is -2.16. The average molecular weight is 542 g/mol.